The van der Waals surface area contributed by atoms with E-state index < -0.39 is 8.07 Å². The summed E-state index contributed by atoms with van der Waals surface area (Å²) in [4.78, 5) is 4.76. The van der Waals surface area contributed by atoms with Crippen molar-refractivity contribution in [2.75, 3.05) is 0 Å². The van der Waals surface area contributed by atoms with E-state index in [9.17, 15) is 0 Å². The summed E-state index contributed by atoms with van der Waals surface area (Å²) in [6.07, 6.45) is 5.21. The summed E-state index contributed by atoms with van der Waals surface area (Å²) in [5, 5.41) is 3.75. The Hall–Kier alpha value is -6.37. The van der Waals surface area contributed by atoms with Crippen molar-refractivity contribution in [2.24, 2.45) is 0 Å². The fraction of sp³-hybridized carbons (Fsp3) is 0.189. The van der Waals surface area contributed by atoms with Crippen molar-refractivity contribution in [2.45, 2.75) is 64.7 Å². The number of nitrogens with zero attached hydrogens (tertiary/aromatic N) is 4. The van der Waals surface area contributed by atoms with Crippen LogP contribution in [0.15, 0.2) is 151 Å². The lowest BCUT2D eigenvalue weighted by atomic mass is 9.77. The molecule has 0 bridgehead atoms. The molecule has 9 aromatic rings. The number of para-hydroxylation sites is 4. The third kappa shape index (κ3) is 5.60. The number of aromatic nitrogens is 4. The number of allylic oxidation sites excluding steroid dienone is 1. The van der Waals surface area contributed by atoms with Gasteiger partial charge in [-0.1, -0.05) is 105 Å². The van der Waals surface area contributed by atoms with Gasteiger partial charge in [0, 0.05) is 44.9 Å². The summed E-state index contributed by atoms with van der Waals surface area (Å²) in [6.45, 7) is 16.7. The highest BCUT2D eigenvalue weighted by atomic mass is 28.3. The fourth-order valence-electron chi connectivity index (χ4n) is 10.4. The molecule has 0 amide bonds. The van der Waals surface area contributed by atoms with Crippen LogP contribution in [0.5, 0.6) is 0 Å². The van der Waals surface area contributed by atoms with Gasteiger partial charge < -0.3 is 4.42 Å². The molecule has 0 saturated heterocycles. The molecule has 4 aromatic heterocycles. The molecule has 0 spiro atoms. The summed E-state index contributed by atoms with van der Waals surface area (Å²) in [5.41, 5.74) is 17.4. The van der Waals surface area contributed by atoms with Crippen LogP contribution >= 0.6 is 0 Å². The molecule has 2 aliphatic heterocycles. The van der Waals surface area contributed by atoms with Crippen LogP contribution in [0.4, 0.5) is 0 Å². The van der Waals surface area contributed by atoms with E-state index in [1.807, 2.05) is 0 Å². The highest BCUT2D eigenvalue weighted by Gasteiger charge is 2.45. The number of fused-ring (bicyclic) bond motifs is 15. The fourth-order valence-corrected chi connectivity index (χ4v) is 12.0. The second kappa shape index (κ2) is 13.3. The zero-order chi connectivity index (χ0) is 40.2. The van der Waals surface area contributed by atoms with Gasteiger partial charge >= 0.3 is 5.82 Å². The van der Waals surface area contributed by atoms with Crippen LogP contribution in [0.25, 0.3) is 78.1 Å². The number of benzene rings is 5. The number of aryl methyl sites for hydroxylation is 3. The Labute approximate surface area is 346 Å². The zero-order valence-electron chi connectivity index (χ0n) is 34.5. The maximum Gasteiger partial charge on any atom is 0.304 e. The minimum absolute atomic E-state index is 0.146. The molecule has 6 heterocycles. The molecule has 2 atom stereocenters. The van der Waals surface area contributed by atoms with E-state index in [-0.39, 0.29) is 12.0 Å². The Morgan fingerprint density at radius 1 is 0.763 bits per heavy atom. The highest BCUT2D eigenvalue weighted by Crippen LogP contribution is 2.48. The maximum absolute atomic E-state index is 6.95. The van der Waals surface area contributed by atoms with Crippen molar-refractivity contribution in [3.05, 3.63) is 169 Å². The summed E-state index contributed by atoms with van der Waals surface area (Å²) in [5.74, 6) is 1.35. The van der Waals surface area contributed by atoms with E-state index in [1.165, 1.54) is 38.7 Å². The summed E-state index contributed by atoms with van der Waals surface area (Å²) < 4.78 is 14.5. The van der Waals surface area contributed by atoms with Crippen molar-refractivity contribution in [3.8, 4) is 39.5 Å². The van der Waals surface area contributed by atoms with Gasteiger partial charge in [0.15, 0.2) is 28.9 Å². The van der Waals surface area contributed by atoms with Crippen LogP contribution in [0.3, 0.4) is 0 Å². The van der Waals surface area contributed by atoms with E-state index >= 15 is 0 Å². The van der Waals surface area contributed by atoms with Gasteiger partial charge in [-0.15, -0.1) is 0 Å². The third-order valence-electron chi connectivity index (χ3n) is 12.9. The van der Waals surface area contributed by atoms with Crippen LogP contribution in [-0.4, -0.2) is 17.6 Å². The lowest BCUT2D eigenvalue weighted by molar-refractivity contribution is -0.716. The summed E-state index contributed by atoms with van der Waals surface area (Å²) in [7, 11) is -1.86. The predicted molar refractivity (Wildman–Crippen MR) is 244 cm³/mol. The van der Waals surface area contributed by atoms with Gasteiger partial charge in [-0.05, 0) is 97.5 Å². The lowest BCUT2D eigenvalue weighted by Gasteiger charge is -2.33. The quantitative estimate of drug-likeness (QED) is 0.132. The average molecular weight is 785 g/mol. The van der Waals surface area contributed by atoms with Gasteiger partial charge in [0.05, 0.1) is 14.5 Å². The van der Waals surface area contributed by atoms with E-state index in [2.05, 4.69) is 187 Å². The van der Waals surface area contributed by atoms with Crippen LogP contribution in [0, 0.1) is 13.8 Å². The number of pyridine rings is 2. The van der Waals surface area contributed by atoms with Gasteiger partial charge in [-0.3, -0.25) is 4.98 Å². The minimum atomic E-state index is -1.86. The van der Waals surface area contributed by atoms with Crippen molar-refractivity contribution in [1.29, 1.82) is 0 Å². The molecule has 5 aromatic carbocycles. The second-order valence-corrected chi connectivity index (χ2v) is 22.8. The Kier molecular flexibility index (Phi) is 8.08. The first-order valence-electron chi connectivity index (χ1n) is 21.0. The monoisotopic (exact) mass is 784 g/mol. The summed E-state index contributed by atoms with van der Waals surface area (Å²) in [6, 6.07) is 49.1. The Morgan fingerprint density at radius 2 is 1.49 bits per heavy atom. The topological polar surface area (TPSA) is 38.7 Å². The molecule has 2 unspecified atom stereocenters. The van der Waals surface area contributed by atoms with Crippen molar-refractivity contribution in [3.63, 3.8) is 0 Å². The number of furan rings is 1. The molecule has 11 rings (SSSR count). The maximum atomic E-state index is 6.95. The van der Waals surface area contributed by atoms with Crippen LogP contribution < -0.4 is 14.3 Å². The van der Waals surface area contributed by atoms with Gasteiger partial charge in [0.2, 0.25) is 5.69 Å². The van der Waals surface area contributed by atoms with Gasteiger partial charge in [-0.2, -0.15) is 13.7 Å². The van der Waals surface area contributed by atoms with Crippen molar-refractivity contribution in [1.82, 2.24) is 9.55 Å². The molecule has 6 heteroatoms. The molecule has 5 nitrogen and oxygen atoms in total. The molecular formula is C53H48N4OSi+2. The molecule has 288 valence electrons. The number of hydrogen-bond donors (Lipinski definition) is 0. The van der Waals surface area contributed by atoms with E-state index in [0.29, 0.717) is 0 Å². The van der Waals surface area contributed by atoms with Crippen LogP contribution in [-0.2, 0) is 6.42 Å². The van der Waals surface area contributed by atoms with E-state index in [4.69, 9.17) is 16.0 Å². The summed E-state index contributed by atoms with van der Waals surface area (Å²) >= 11 is 0. The minimum Gasteiger partial charge on any atom is -0.455 e. The van der Waals surface area contributed by atoms with E-state index in [0.717, 1.165) is 86.4 Å². The molecule has 59 heavy (non-hydrogen) atoms. The normalized spacial score (nSPS) is 16.4. The van der Waals surface area contributed by atoms with Crippen molar-refractivity contribution >= 4 is 51.9 Å². The first-order chi connectivity index (χ1) is 28.6. The Bertz CT molecular complexity index is 3160. The standard InChI is InChI=1S/C53H48N4OSi/c1-33-28-37(29-34(2)54-33)44-31-48-40-19-11-10-18-39(40)41-26-24-36-25-27-43-42-20-12-15-23-49(42)58-52(43)51(36)53-56(35(3)30-47(41)55(48)32-50(44)59(4,5)6)45-21-13-14-22-46(45)57(53)38-16-8-7-9-17-38/h7-23,25,27-29,31-32,41,47H,3,24,26,30H2,1-2,4-6H3/q+2. The van der Waals surface area contributed by atoms with Crippen LogP contribution in [0.2, 0.25) is 19.6 Å². The van der Waals surface area contributed by atoms with Crippen LogP contribution in [0.1, 0.15) is 47.3 Å². The lowest BCUT2D eigenvalue weighted by Crippen LogP contribution is -2.53. The number of hydrogen-bond acceptors (Lipinski definition) is 2. The number of imidazole rings is 1. The molecule has 0 radical (unpaired) electrons. The predicted octanol–water partition coefficient (Wildman–Crippen LogP) is 11.8. The smallest absolute Gasteiger partial charge is 0.304 e. The first kappa shape index (κ1) is 35.8. The SMILES string of the molecule is C=C1CC2C(CCc3ccc4c(oc5ccccc54)c3-c3n1c1ccccc1[n+]3-c1ccccc1)c1ccccc1-c1cc(-c3cc(C)nc(C)c3)c([Si](C)(C)C)c[n+]12. The van der Waals surface area contributed by atoms with Gasteiger partial charge in [-0.25, -0.2) is 0 Å². The largest absolute Gasteiger partial charge is 0.455 e. The molecule has 0 saturated carbocycles. The first-order valence-corrected chi connectivity index (χ1v) is 24.5. The Morgan fingerprint density at radius 3 is 2.31 bits per heavy atom. The van der Waals surface area contributed by atoms with Gasteiger partial charge in [0.25, 0.3) is 0 Å². The molecular weight excluding hydrogens is 737 g/mol. The second-order valence-electron chi connectivity index (χ2n) is 17.7. The van der Waals surface area contributed by atoms with Crippen molar-refractivity contribution < 1.29 is 13.6 Å². The average Bonchev–Trinajstić information content (AvgIpc) is 3.78. The molecule has 0 N–H and O–H groups in total. The highest BCUT2D eigenvalue weighted by molar-refractivity contribution is 6.89. The molecule has 2 aliphatic rings. The zero-order valence-corrected chi connectivity index (χ0v) is 35.5. The molecule has 0 fully saturated rings. The molecule has 0 aliphatic carbocycles. The number of rotatable bonds is 3. The third-order valence-corrected chi connectivity index (χ3v) is 14.9. The van der Waals surface area contributed by atoms with Gasteiger partial charge in [0.1, 0.15) is 22.5 Å². The van der Waals surface area contributed by atoms with E-state index in [1.54, 1.807) is 0 Å². The Balaban J connectivity index is 1.21.